The fourth-order valence-electron chi connectivity index (χ4n) is 6.13. The number of nitrogens with two attached hydrogens (primary N) is 6. The Balaban J connectivity index is 2.03. The fraction of sp³-hybridized carbons (Fsp3) is 0.333. The summed E-state index contributed by atoms with van der Waals surface area (Å²) in [6.07, 6.45) is 2.67. The van der Waals surface area contributed by atoms with Gasteiger partial charge in [-0.3, -0.25) is 38.7 Å². The molecule has 4 atom stereocenters. The molecule has 3 rings (SSSR count). The molecule has 6 amide bonds. The summed E-state index contributed by atoms with van der Waals surface area (Å²) < 4.78 is 13.9. The van der Waals surface area contributed by atoms with Crippen molar-refractivity contribution in [3.05, 3.63) is 101 Å². The molecule has 0 fully saturated rings. The Hall–Kier alpha value is -7.31. The molecule has 4 unspecified atom stereocenters. The maximum Gasteiger partial charge on any atom is 0.253 e. The maximum absolute atomic E-state index is 14.5. The number of nitrogen functional groups attached to an aromatic ring is 1. The van der Waals surface area contributed by atoms with E-state index in [0.717, 1.165) is 17.9 Å². The van der Waals surface area contributed by atoms with Gasteiger partial charge in [0.2, 0.25) is 29.5 Å². The van der Waals surface area contributed by atoms with Crippen LogP contribution in [0.1, 0.15) is 56.7 Å². The van der Waals surface area contributed by atoms with Crippen LogP contribution in [0, 0.1) is 11.7 Å². The van der Waals surface area contributed by atoms with Gasteiger partial charge in [0.25, 0.3) is 5.91 Å². The van der Waals surface area contributed by atoms with Gasteiger partial charge in [0.15, 0.2) is 11.9 Å². The largest absolute Gasteiger partial charge is 0.399 e. The van der Waals surface area contributed by atoms with Gasteiger partial charge in [-0.2, -0.15) is 0 Å². The summed E-state index contributed by atoms with van der Waals surface area (Å²) in [6.45, 7) is 4.92. The number of nitrogens with zero attached hydrogens (tertiary/aromatic N) is 3. The van der Waals surface area contributed by atoms with Crippen molar-refractivity contribution in [1.29, 1.82) is 0 Å². The molecule has 3 aromatic carbocycles. The highest BCUT2D eigenvalue weighted by atomic mass is 19.1. The van der Waals surface area contributed by atoms with Crippen molar-refractivity contribution in [3.8, 4) is 0 Å². The van der Waals surface area contributed by atoms with E-state index in [1.807, 2.05) is 13.8 Å². The number of benzene rings is 3. The summed E-state index contributed by atoms with van der Waals surface area (Å²) in [7, 11) is 0. The lowest BCUT2D eigenvalue weighted by atomic mass is 9.99. The number of aliphatic imine (C=N–C) groups is 2. The number of carbonyl (C=O) groups excluding carboxylic acids is 6. The predicted octanol–water partition coefficient (Wildman–Crippen LogP) is 0.595. The standard InChI is InChI=1S/C42H55FN12O6/c1-24(2)21-33(38(59)52-32(37(45)58)5-4-20-50-41(46)47)53-39(60)34(22-27-10-17-31(18-11-27)51-42(48)49)54-40(61)35(23-28-6-13-29(43)14-7-28)55(25(3)56)36(57)19-12-26-8-15-30(44)16-9-26/h6-19,24,32-35H,4-5,20-23,44H2,1-3H3,(H2,45,58)(H,52,59)(H,53,60)(H,54,61)(H4,46,47,50)(H4,48,49,51)/b19-12+. The smallest absolute Gasteiger partial charge is 0.253 e. The van der Waals surface area contributed by atoms with Gasteiger partial charge in [0, 0.05) is 38.1 Å². The van der Waals surface area contributed by atoms with Crippen LogP contribution in [0.5, 0.6) is 0 Å². The highest BCUT2D eigenvalue weighted by Gasteiger charge is 2.36. The molecule has 15 N–H and O–H groups in total. The Morgan fingerprint density at radius 1 is 0.721 bits per heavy atom. The average Bonchev–Trinajstić information content (AvgIpc) is 3.18. The Kier molecular flexibility index (Phi) is 18.4. The first-order valence-corrected chi connectivity index (χ1v) is 19.4. The highest BCUT2D eigenvalue weighted by molar-refractivity contribution is 6.06. The molecule has 18 nitrogen and oxygen atoms in total. The first kappa shape index (κ1) is 48.1. The second kappa shape index (κ2) is 23.3. The van der Waals surface area contributed by atoms with Gasteiger partial charge in [-0.15, -0.1) is 0 Å². The molecule has 0 aliphatic rings. The number of carbonyl (C=O) groups is 6. The van der Waals surface area contributed by atoms with Crippen LogP contribution >= 0.6 is 0 Å². The van der Waals surface area contributed by atoms with E-state index >= 15 is 0 Å². The van der Waals surface area contributed by atoms with Crippen LogP contribution in [0.4, 0.5) is 15.8 Å². The van der Waals surface area contributed by atoms with Crippen LogP contribution in [0.3, 0.4) is 0 Å². The molecule has 0 radical (unpaired) electrons. The van der Waals surface area contributed by atoms with E-state index in [0.29, 0.717) is 34.5 Å². The van der Waals surface area contributed by atoms with E-state index in [2.05, 4.69) is 25.9 Å². The zero-order valence-electron chi connectivity index (χ0n) is 34.3. The van der Waals surface area contributed by atoms with Gasteiger partial charge in [0.1, 0.15) is 30.0 Å². The number of rotatable bonds is 21. The van der Waals surface area contributed by atoms with Gasteiger partial charge in [0.05, 0.1) is 5.69 Å². The molecular weight excluding hydrogens is 788 g/mol. The molecule has 0 saturated carbocycles. The molecular formula is C42H55FN12O6. The lowest BCUT2D eigenvalue weighted by molar-refractivity contribution is -0.148. The second-order valence-corrected chi connectivity index (χ2v) is 14.6. The summed E-state index contributed by atoms with van der Waals surface area (Å²) in [6, 6.07) is 12.8. The molecule has 0 aliphatic heterocycles. The van der Waals surface area contributed by atoms with Crippen molar-refractivity contribution in [2.45, 2.75) is 77.0 Å². The number of hydrogen-bond donors (Lipinski definition) is 9. The minimum absolute atomic E-state index is 0.102. The first-order chi connectivity index (χ1) is 28.8. The van der Waals surface area contributed by atoms with E-state index in [1.165, 1.54) is 30.3 Å². The summed E-state index contributed by atoms with van der Waals surface area (Å²) in [4.78, 5) is 90.5. The fourth-order valence-corrected chi connectivity index (χ4v) is 6.13. The highest BCUT2D eigenvalue weighted by Crippen LogP contribution is 2.18. The molecule has 0 spiro atoms. The topological polar surface area (TPSA) is 323 Å². The van der Waals surface area contributed by atoms with E-state index in [-0.39, 0.29) is 50.1 Å². The van der Waals surface area contributed by atoms with Crippen LogP contribution in [0.2, 0.25) is 0 Å². The van der Waals surface area contributed by atoms with Gasteiger partial charge in [-0.1, -0.05) is 50.2 Å². The quantitative estimate of drug-likeness (QED) is 0.0235. The summed E-state index contributed by atoms with van der Waals surface area (Å²) in [5.41, 5.74) is 35.6. The zero-order chi connectivity index (χ0) is 45.2. The van der Waals surface area contributed by atoms with Crippen LogP contribution in [0.25, 0.3) is 6.08 Å². The molecule has 3 aromatic rings. The van der Waals surface area contributed by atoms with Crippen molar-refractivity contribution in [1.82, 2.24) is 20.9 Å². The number of primary amides is 1. The van der Waals surface area contributed by atoms with Crippen molar-refractivity contribution < 1.29 is 33.2 Å². The number of anilines is 1. The lowest BCUT2D eigenvalue weighted by Crippen LogP contribution is -2.59. The molecule has 0 heterocycles. The first-order valence-electron chi connectivity index (χ1n) is 19.4. The molecule has 19 heteroatoms. The third kappa shape index (κ3) is 16.5. The van der Waals surface area contributed by atoms with Crippen LogP contribution in [0.15, 0.2) is 88.9 Å². The molecule has 0 aliphatic carbocycles. The van der Waals surface area contributed by atoms with Crippen molar-refractivity contribution in [2.75, 3.05) is 12.3 Å². The molecule has 326 valence electrons. The van der Waals surface area contributed by atoms with Crippen molar-refractivity contribution in [3.63, 3.8) is 0 Å². The van der Waals surface area contributed by atoms with E-state index < -0.39 is 65.4 Å². The van der Waals surface area contributed by atoms with Crippen molar-refractivity contribution in [2.24, 2.45) is 44.6 Å². The van der Waals surface area contributed by atoms with E-state index in [9.17, 15) is 33.2 Å². The zero-order valence-corrected chi connectivity index (χ0v) is 34.3. The van der Waals surface area contributed by atoms with Gasteiger partial charge in [-0.25, -0.2) is 9.38 Å². The summed E-state index contributed by atoms with van der Waals surface area (Å²) in [5.74, 6) is -5.90. The normalized spacial score (nSPS) is 12.9. The third-order valence-corrected chi connectivity index (χ3v) is 9.10. The molecule has 0 bridgehead atoms. The minimum atomic E-state index is -1.55. The summed E-state index contributed by atoms with van der Waals surface area (Å²) >= 11 is 0. The molecule has 0 aromatic heterocycles. The number of guanidine groups is 2. The molecule has 61 heavy (non-hydrogen) atoms. The van der Waals surface area contributed by atoms with E-state index in [4.69, 9.17) is 34.4 Å². The average molecular weight is 843 g/mol. The van der Waals surface area contributed by atoms with Gasteiger partial charge >= 0.3 is 0 Å². The SMILES string of the molecule is CC(=O)N(C(=O)/C=C/c1ccc(N)cc1)C(Cc1ccc(F)cc1)C(=O)NC(Cc1ccc(N=C(N)N)cc1)C(=O)NC(CC(C)C)C(=O)NC(CCCN=C(N)N)C(N)=O. The minimum Gasteiger partial charge on any atom is -0.399 e. The Morgan fingerprint density at radius 3 is 1.84 bits per heavy atom. The molecule has 0 saturated heterocycles. The Bertz CT molecular complexity index is 2080. The number of hydrogen-bond acceptors (Lipinski definition) is 9. The lowest BCUT2D eigenvalue weighted by Gasteiger charge is -2.30. The van der Waals surface area contributed by atoms with Gasteiger partial charge in [-0.05, 0) is 84.3 Å². The number of nitrogens with one attached hydrogen (secondary N) is 3. The van der Waals surface area contributed by atoms with E-state index in [1.54, 1.807) is 48.5 Å². The Labute approximate surface area is 353 Å². The number of amides is 6. The monoisotopic (exact) mass is 842 g/mol. The van der Waals surface area contributed by atoms with Crippen LogP contribution in [-0.2, 0) is 41.6 Å². The maximum atomic E-state index is 14.5. The van der Waals surface area contributed by atoms with Crippen LogP contribution in [-0.4, -0.2) is 83.0 Å². The van der Waals surface area contributed by atoms with Crippen molar-refractivity contribution >= 4 is 64.8 Å². The Morgan fingerprint density at radius 2 is 1.28 bits per heavy atom. The van der Waals surface area contributed by atoms with Crippen LogP contribution < -0.4 is 50.4 Å². The predicted molar refractivity (Wildman–Crippen MR) is 231 cm³/mol. The number of halogens is 1. The summed E-state index contributed by atoms with van der Waals surface area (Å²) in [5, 5.41) is 8.01. The second-order valence-electron chi connectivity index (χ2n) is 14.6. The van der Waals surface area contributed by atoms with Gasteiger partial charge < -0.3 is 50.4 Å². The third-order valence-electron chi connectivity index (χ3n) is 9.10. The number of imide groups is 1.